The van der Waals surface area contributed by atoms with Crippen LogP contribution in [0.15, 0.2) is 18.2 Å². The summed E-state index contributed by atoms with van der Waals surface area (Å²) in [7, 11) is 0. The number of likely N-dealkylation sites (tertiary alicyclic amines) is 1. The Balaban J connectivity index is 1.96. The van der Waals surface area contributed by atoms with Gasteiger partial charge in [0.15, 0.2) is 5.78 Å². The first-order valence-corrected chi connectivity index (χ1v) is 7.70. The number of nitrogens with zero attached hydrogens (tertiary/aromatic N) is 1. The summed E-state index contributed by atoms with van der Waals surface area (Å²) in [5.41, 5.74) is 0.389. The molecule has 4 heteroatoms. The van der Waals surface area contributed by atoms with Crippen LogP contribution in [0.2, 0.25) is 0 Å². The topological polar surface area (TPSA) is 20.3 Å². The van der Waals surface area contributed by atoms with Crippen molar-refractivity contribution in [2.24, 2.45) is 5.41 Å². The standard InChI is InChI=1S/C17H23F2NO/c1-3-17(4-2)7-9-20(10-8-17)12-16(21)14-6-5-13(18)11-15(14)19/h5-6,11H,3-4,7-10,12H2,1-2H3. The highest BCUT2D eigenvalue weighted by Crippen LogP contribution is 2.37. The van der Waals surface area contributed by atoms with Gasteiger partial charge < -0.3 is 0 Å². The Morgan fingerprint density at radius 1 is 1.19 bits per heavy atom. The van der Waals surface area contributed by atoms with Gasteiger partial charge >= 0.3 is 0 Å². The van der Waals surface area contributed by atoms with E-state index in [1.165, 1.54) is 6.07 Å². The van der Waals surface area contributed by atoms with Gasteiger partial charge in [-0.15, -0.1) is 0 Å². The minimum Gasteiger partial charge on any atom is -0.296 e. The zero-order chi connectivity index (χ0) is 15.5. The van der Waals surface area contributed by atoms with Gasteiger partial charge in [0.25, 0.3) is 0 Å². The lowest BCUT2D eigenvalue weighted by Crippen LogP contribution is -2.42. The van der Waals surface area contributed by atoms with Crippen molar-refractivity contribution >= 4 is 5.78 Å². The molecule has 1 aliphatic rings. The first-order valence-electron chi connectivity index (χ1n) is 7.70. The van der Waals surface area contributed by atoms with Crippen LogP contribution < -0.4 is 0 Å². The van der Waals surface area contributed by atoms with Gasteiger partial charge in [0.2, 0.25) is 0 Å². The molecule has 2 rings (SSSR count). The largest absolute Gasteiger partial charge is 0.296 e. The number of piperidine rings is 1. The summed E-state index contributed by atoms with van der Waals surface area (Å²) in [6.07, 6.45) is 4.49. The molecule has 0 atom stereocenters. The molecule has 0 unspecified atom stereocenters. The SMILES string of the molecule is CCC1(CC)CCN(CC(=O)c2ccc(F)cc2F)CC1. The Morgan fingerprint density at radius 2 is 1.81 bits per heavy atom. The first-order chi connectivity index (χ1) is 9.99. The number of Topliss-reactive ketones (excluding diaryl/α,β-unsaturated/α-hetero) is 1. The van der Waals surface area contributed by atoms with Gasteiger partial charge in [-0.3, -0.25) is 9.69 Å². The predicted molar refractivity (Wildman–Crippen MR) is 79.4 cm³/mol. The molecular weight excluding hydrogens is 272 g/mol. The smallest absolute Gasteiger partial charge is 0.179 e. The molecule has 0 bridgehead atoms. The second kappa shape index (κ2) is 6.65. The van der Waals surface area contributed by atoms with E-state index in [0.717, 1.165) is 50.9 Å². The average molecular weight is 295 g/mol. The monoisotopic (exact) mass is 295 g/mol. The quantitative estimate of drug-likeness (QED) is 0.764. The van der Waals surface area contributed by atoms with Crippen LogP contribution in [0, 0.1) is 17.0 Å². The van der Waals surface area contributed by atoms with Crippen LogP contribution in [0.4, 0.5) is 8.78 Å². The molecule has 116 valence electrons. The fourth-order valence-electron chi connectivity index (χ4n) is 3.15. The molecule has 1 aromatic carbocycles. The second-order valence-corrected chi connectivity index (χ2v) is 6.03. The van der Waals surface area contributed by atoms with Crippen LogP contribution in [-0.4, -0.2) is 30.3 Å². The van der Waals surface area contributed by atoms with Crippen molar-refractivity contribution in [2.45, 2.75) is 39.5 Å². The van der Waals surface area contributed by atoms with Gasteiger partial charge in [-0.25, -0.2) is 8.78 Å². The van der Waals surface area contributed by atoms with Crippen molar-refractivity contribution in [3.05, 3.63) is 35.4 Å². The summed E-state index contributed by atoms with van der Waals surface area (Å²) in [6, 6.07) is 3.13. The second-order valence-electron chi connectivity index (χ2n) is 6.03. The molecule has 1 saturated heterocycles. The van der Waals surface area contributed by atoms with Crippen LogP contribution in [0.5, 0.6) is 0 Å². The fourth-order valence-corrected chi connectivity index (χ4v) is 3.15. The van der Waals surface area contributed by atoms with Gasteiger partial charge in [-0.2, -0.15) is 0 Å². The van der Waals surface area contributed by atoms with Gasteiger partial charge in [0, 0.05) is 6.07 Å². The molecule has 0 aliphatic carbocycles. The van der Waals surface area contributed by atoms with E-state index in [0.29, 0.717) is 5.41 Å². The number of hydrogen-bond donors (Lipinski definition) is 0. The van der Waals surface area contributed by atoms with E-state index in [4.69, 9.17) is 0 Å². The van der Waals surface area contributed by atoms with Gasteiger partial charge in [0.05, 0.1) is 12.1 Å². The number of benzene rings is 1. The van der Waals surface area contributed by atoms with E-state index >= 15 is 0 Å². The minimum atomic E-state index is -0.770. The summed E-state index contributed by atoms with van der Waals surface area (Å²) >= 11 is 0. The Labute approximate surface area is 125 Å². The summed E-state index contributed by atoms with van der Waals surface area (Å²) in [5.74, 6) is -1.70. The third-order valence-electron chi connectivity index (χ3n) is 5.02. The lowest BCUT2D eigenvalue weighted by molar-refractivity contribution is 0.0753. The molecule has 21 heavy (non-hydrogen) atoms. The third-order valence-corrected chi connectivity index (χ3v) is 5.02. The lowest BCUT2D eigenvalue weighted by Gasteiger charge is -2.40. The van der Waals surface area contributed by atoms with Gasteiger partial charge in [-0.05, 0) is 43.5 Å². The zero-order valence-electron chi connectivity index (χ0n) is 12.8. The lowest BCUT2D eigenvalue weighted by atomic mass is 9.74. The Kier molecular flexibility index (Phi) is 5.09. The van der Waals surface area contributed by atoms with Crippen molar-refractivity contribution in [1.29, 1.82) is 0 Å². The van der Waals surface area contributed by atoms with Crippen LogP contribution in [0.3, 0.4) is 0 Å². The summed E-state index contributed by atoms with van der Waals surface area (Å²) in [6.45, 7) is 6.40. The summed E-state index contributed by atoms with van der Waals surface area (Å²) in [4.78, 5) is 14.2. The number of halogens is 2. The minimum absolute atomic E-state index is 0.0146. The maximum atomic E-state index is 13.6. The molecule has 0 N–H and O–H groups in total. The van der Waals surface area contributed by atoms with Crippen LogP contribution in [0.1, 0.15) is 49.9 Å². The number of carbonyl (C=O) groups excluding carboxylic acids is 1. The molecule has 0 amide bonds. The van der Waals surface area contributed by atoms with Crippen LogP contribution >= 0.6 is 0 Å². The van der Waals surface area contributed by atoms with E-state index in [-0.39, 0.29) is 17.9 Å². The summed E-state index contributed by atoms with van der Waals surface area (Å²) < 4.78 is 26.5. The van der Waals surface area contributed by atoms with E-state index in [1.54, 1.807) is 0 Å². The van der Waals surface area contributed by atoms with Crippen LogP contribution in [0.25, 0.3) is 0 Å². The molecule has 0 aromatic heterocycles. The molecule has 2 nitrogen and oxygen atoms in total. The predicted octanol–water partition coefficient (Wildman–Crippen LogP) is 4.05. The van der Waals surface area contributed by atoms with Crippen molar-refractivity contribution in [2.75, 3.05) is 19.6 Å². The van der Waals surface area contributed by atoms with E-state index in [1.807, 2.05) is 0 Å². The van der Waals surface area contributed by atoms with E-state index in [9.17, 15) is 13.6 Å². The molecule has 1 aromatic rings. The molecule has 1 fully saturated rings. The van der Waals surface area contributed by atoms with Gasteiger partial charge in [-0.1, -0.05) is 26.7 Å². The average Bonchev–Trinajstić information content (AvgIpc) is 2.48. The number of hydrogen-bond acceptors (Lipinski definition) is 2. The van der Waals surface area contributed by atoms with Crippen molar-refractivity contribution in [3.8, 4) is 0 Å². The molecular formula is C17H23F2NO. The van der Waals surface area contributed by atoms with Crippen molar-refractivity contribution in [1.82, 2.24) is 4.90 Å². The fraction of sp³-hybridized carbons (Fsp3) is 0.588. The highest BCUT2D eigenvalue weighted by molar-refractivity contribution is 5.97. The van der Waals surface area contributed by atoms with Crippen LogP contribution in [-0.2, 0) is 0 Å². The zero-order valence-corrected chi connectivity index (χ0v) is 12.8. The summed E-state index contributed by atoms with van der Waals surface area (Å²) in [5, 5.41) is 0. The highest BCUT2D eigenvalue weighted by Gasteiger charge is 2.31. The normalized spacial score (nSPS) is 18.7. The Hall–Kier alpha value is -1.29. The molecule has 1 heterocycles. The van der Waals surface area contributed by atoms with E-state index in [2.05, 4.69) is 18.7 Å². The van der Waals surface area contributed by atoms with Crippen molar-refractivity contribution in [3.63, 3.8) is 0 Å². The third kappa shape index (κ3) is 3.67. The Bertz CT molecular complexity index is 502. The van der Waals surface area contributed by atoms with E-state index < -0.39 is 11.6 Å². The molecule has 1 aliphatic heterocycles. The number of carbonyl (C=O) groups is 1. The maximum absolute atomic E-state index is 13.6. The first kappa shape index (κ1) is 16.1. The molecule has 0 spiro atoms. The highest BCUT2D eigenvalue weighted by atomic mass is 19.1. The molecule has 0 saturated carbocycles. The van der Waals surface area contributed by atoms with Gasteiger partial charge in [0.1, 0.15) is 11.6 Å². The number of ketones is 1. The maximum Gasteiger partial charge on any atom is 0.179 e. The molecule has 0 radical (unpaired) electrons. The van der Waals surface area contributed by atoms with Crippen molar-refractivity contribution < 1.29 is 13.6 Å². The Morgan fingerprint density at radius 3 is 2.33 bits per heavy atom. The number of rotatable bonds is 5.